The van der Waals surface area contributed by atoms with E-state index in [4.69, 9.17) is 4.74 Å². The van der Waals surface area contributed by atoms with Gasteiger partial charge in [0.25, 0.3) is 0 Å². The van der Waals surface area contributed by atoms with Gasteiger partial charge in [-0.05, 0) is 37.0 Å². The van der Waals surface area contributed by atoms with Gasteiger partial charge < -0.3 is 9.84 Å². The first-order chi connectivity index (χ1) is 11.2. The number of phenolic OH excluding ortho intramolecular Hbond substituents is 1. The molecule has 1 N–H and O–H groups in total. The van der Waals surface area contributed by atoms with Crippen LogP contribution in [-0.4, -0.2) is 23.1 Å². The molecule has 1 saturated carbocycles. The number of aromatic hydroxyl groups is 1. The Balaban J connectivity index is 2.16. The fourth-order valence-corrected chi connectivity index (χ4v) is 4.60. The molecule has 0 saturated heterocycles. The van der Waals surface area contributed by atoms with E-state index in [0.717, 1.165) is 30.4 Å². The lowest BCUT2D eigenvalue weighted by molar-refractivity contribution is -0.385. The number of hydrogen-bond acceptors (Lipinski definition) is 5. The molecule has 1 fully saturated rings. The smallest absolute Gasteiger partial charge is 0.312 e. The zero-order chi connectivity index (χ0) is 17.7. The predicted octanol–water partition coefficient (Wildman–Crippen LogP) is 3.56. The number of carbonyl (C=O) groups excluding carboxylic acids is 1. The highest BCUT2D eigenvalue weighted by Crippen LogP contribution is 2.57. The van der Waals surface area contributed by atoms with Crippen molar-refractivity contribution >= 4 is 17.7 Å². The van der Waals surface area contributed by atoms with Gasteiger partial charge in [-0.2, -0.15) is 0 Å². The number of hydrogen-bond donors (Lipinski definition) is 1. The molecule has 0 bridgehead atoms. The van der Waals surface area contributed by atoms with E-state index >= 15 is 0 Å². The summed E-state index contributed by atoms with van der Waals surface area (Å²) in [4.78, 5) is 22.9. The number of phenols is 1. The summed E-state index contributed by atoms with van der Waals surface area (Å²) in [5, 5.41) is 21.1. The second kappa shape index (κ2) is 5.33. The van der Waals surface area contributed by atoms with Crippen LogP contribution in [0.3, 0.4) is 0 Å². The van der Waals surface area contributed by atoms with Crippen LogP contribution in [0.4, 0.5) is 5.69 Å². The van der Waals surface area contributed by atoms with Gasteiger partial charge in [-0.1, -0.05) is 25.5 Å². The Hall–Kier alpha value is -2.37. The van der Waals surface area contributed by atoms with E-state index in [1.807, 2.05) is 19.1 Å². The van der Waals surface area contributed by atoms with Crippen LogP contribution in [0, 0.1) is 21.4 Å². The number of esters is 1. The fraction of sp³-hybridized carbons (Fsp3) is 0.500. The summed E-state index contributed by atoms with van der Waals surface area (Å²) in [7, 11) is 1.40. The molecule has 0 unspecified atom stereocenters. The third kappa shape index (κ3) is 2.12. The van der Waals surface area contributed by atoms with Crippen LogP contribution in [0.5, 0.6) is 5.75 Å². The molecule has 0 aliphatic heterocycles. The highest BCUT2D eigenvalue weighted by molar-refractivity contribution is 5.79. The number of nitro groups is 1. The molecule has 0 heterocycles. The molecule has 0 radical (unpaired) electrons. The highest BCUT2D eigenvalue weighted by Gasteiger charge is 2.54. The van der Waals surface area contributed by atoms with Crippen LogP contribution in [-0.2, 0) is 14.9 Å². The average Bonchev–Trinajstić information content (AvgIpc) is 2.53. The number of rotatable bonds is 2. The molecular weight excluding hydrogens is 310 g/mol. The van der Waals surface area contributed by atoms with E-state index in [-0.39, 0.29) is 28.7 Å². The first-order valence-corrected chi connectivity index (χ1v) is 8.02. The fourth-order valence-electron chi connectivity index (χ4n) is 4.60. The first-order valence-electron chi connectivity index (χ1n) is 8.02. The Labute approximate surface area is 140 Å². The largest absolute Gasteiger partial charge is 0.502 e. The Morgan fingerprint density at radius 3 is 2.71 bits per heavy atom. The van der Waals surface area contributed by atoms with Gasteiger partial charge in [0.1, 0.15) is 0 Å². The SMILES string of the molecule is COC(=O)[C@@]1(C)CCC[C@]2(C)c3cc(O)c([N+](=O)[O-])cc3C=C[C@@H]12. The number of nitrogens with zero attached hydrogens (tertiary/aromatic N) is 1. The Morgan fingerprint density at radius 2 is 2.08 bits per heavy atom. The van der Waals surface area contributed by atoms with Gasteiger partial charge in [0, 0.05) is 17.4 Å². The molecule has 0 aromatic heterocycles. The van der Waals surface area contributed by atoms with Gasteiger partial charge in [-0.3, -0.25) is 14.9 Å². The zero-order valence-corrected chi connectivity index (χ0v) is 14.0. The van der Waals surface area contributed by atoms with Crippen molar-refractivity contribution in [3.63, 3.8) is 0 Å². The molecule has 6 nitrogen and oxygen atoms in total. The predicted molar refractivity (Wildman–Crippen MR) is 88.6 cm³/mol. The number of allylic oxidation sites excluding steroid dienone is 1. The summed E-state index contributed by atoms with van der Waals surface area (Å²) in [5.41, 5.74) is 0.262. The van der Waals surface area contributed by atoms with Crippen molar-refractivity contribution < 1.29 is 19.6 Å². The van der Waals surface area contributed by atoms with Gasteiger partial charge in [0.2, 0.25) is 0 Å². The summed E-state index contributed by atoms with van der Waals surface area (Å²) in [6.45, 7) is 3.98. The van der Waals surface area contributed by atoms with E-state index in [1.165, 1.54) is 19.2 Å². The van der Waals surface area contributed by atoms with Crippen LogP contribution in [0.2, 0.25) is 0 Å². The van der Waals surface area contributed by atoms with Gasteiger partial charge in [-0.15, -0.1) is 0 Å². The standard InChI is InChI=1S/C18H21NO5/c1-17-7-4-8-18(2,16(21)24-3)15(17)6-5-11-9-13(19(22)23)14(20)10-12(11)17/h5-6,9-10,15,20H,4,7-8H2,1-3H3/t15-,17-,18+/m1/s1. The van der Waals surface area contributed by atoms with Crippen molar-refractivity contribution in [2.75, 3.05) is 7.11 Å². The van der Waals surface area contributed by atoms with Crippen LogP contribution in [0.25, 0.3) is 6.08 Å². The topological polar surface area (TPSA) is 89.7 Å². The summed E-state index contributed by atoms with van der Waals surface area (Å²) in [5.74, 6) is -0.656. The molecule has 1 aromatic carbocycles. The Kier molecular flexibility index (Phi) is 3.66. The van der Waals surface area contributed by atoms with Crippen molar-refractivity contribution in [1.29, 1.82) is 0 Å². The van der Waals surface area contributed by atoms with Crippen molar-refractivity contribution in [3.8, 4) is 5.75 Å². The van der Waals surface area contributed by atoms with E-state index < -0.39 is 10.3 Å². The third-order valence-electron chi connectivity index (χ3n) is 5.84. The molecule has 0 spiro atoms. The van der Waals surface area contributed by atoms with Crippen LogP contribution in [0.15, 0.2) is 18.2 Å². The van der Waals surface area contributed by atoms with E-state index in [2.05, 4.69) is 6.92 Å². The van der Waals surface area contributed by atoms with Crippen molar-refractivity contribution in [3.05, 3.63) is 39.4 Å². The van der Waals surface area contributed by atoms with Crippen LogP contribution in [0.1, 0.15) is 44.2 Å². The van der Waals surface area contributed by atoms with E-state index in [0.29, 0.717) is 0 Å². The monoisotopic (exact) mass is 331 g/mol. The highest BCUT2D eigenvalue weighted by atomic mass is 16.6. The van der Waals surface area contributed by atoms with E-state index in [9.17, 15) is 20.0 Å². The van der Waals surface area contributed by atoms with Gasteiger partial charge in [-0.25, -0.2) is 0 Å². The minimum absolute atomic E-state index is 0.0837. The van der Waals surface area contributed by atoms with Crippen molar-refractivity contribution in [2.45, 2.75) is 38.5 Å². The summed E-state index contributed by atoms with van der Waals surface area (Å²) >= 11 is 0. The number of nitro benzene ring substituents is 1. The first kappa shape index (κ1) is 16.5. The molecule has 1 aromatic rings. The number of fused-ring (bicyclic) bond motifs is 3. The maximum atomic E-state index is 12.4. The Morgan fingerprint density at radius 1 is 1.38 bits per heavy atom. The molecule has 24 heavy (non-hydrogen) atoms. The number of methoxy groups -OCH3 is 1. The van der Waals surface area contributed by atoms with Crippen LogP contribution >= 0.6 is 0 Å². The molecular formula is C18H21NO5. The molecule has 128 valence electrons. The van der Waals surface area contributed by atoms with Crippen molar-refractivity contribution in [1.82, 2.24) is 0 Å². The second-order valence-electron chi connectivity index (χ2n) is 7.20. The van der Waals surface area contributed by atoms with Gasteiger partial charge in [0.05, 0.1) is 17.4 Å². The number of benzene rings is 1. The van der Waals surface area contributed by atoms with Gasteiger partial charge in [0.15, 0.2) is 5.75 Å². The molecule has 3 atom stereocenters. The summed E-state index contributed by atoms with van der Waals surface area (Å²) < 4.78 is 5.04. The van der Waals surface area contributed by atoms with Crippen LogP contribution < -0.4 is 0 Å². The normalized spacial score (nSPS) is 31.0. The lowest BCUT2D eigenvalue weighted by Crippen LogP contribution is -2.50. The lowest BCUT2D eigenvalue weighted by atomic mass is 9.51. The van der Waals surface area contributed by atoms with Crippen molar-refractivity contribution in [2.24, 2.45) is 11.3 Å². The zero-order valence-electron chi connectivity index (χ0n) is 14.0. The average molecular weight is 331 g/mol. The van der Waals surface area contributed by atoms with E-state index in [1.54, 1.807) is 0 Å². The minimum Gasteiger partial charge on any atom is -0.502 e. The molecule has 2 aliphatic carbocycles. The van der Waals surface area contributed by atoms with Gasteiger partial charge >= 0.3 is 11.7 Å². The number of ether oxygens (including phenoxy) is 1. The lowest BCUT2D eigenvalue weighted by Gasteiger charge is -2.51. The Bertz CT molecular complexity index is 756. The molecule has 2 aliphatic rings. The maximum absolute atomic E-state index is 12.4. The molecule has 0 amide bonds. The second-order valence-corrected chi connectivity index (χ2v) is 7.20. The molecule has 3 rings (SSSR count). The summed E-state index contributed by atoms with van der Waals surface area (Å²) in [6.07, 6.45) is 6.22. The maximum Gasteiger partial charge on any atom is 0.312 e. The number of carbonyl (C=O) groups is 1. The summed E-state index contributed by atoms with van der Waals surface area (Å²) in [6, 6.07) is 2.90. The molecule has 6 heteroatoms. The minimum atomic E-state index is -0.646. The third-order valence-corrected chi connectivity index (χ3v) is 5.84. The quantitative estimate of drug-likeness (QED) is 0.508.